The van der Waals surface area contributed by atoms with Crippen LogP contribution in [0, 0.1) is 19.7 Å². The van der Waals surface area contributed by atoms with Crippen molar-refractivity contribution in [3.05, 3.63) is 46.1 Å². The quantitative estimate of drug-likeness (QED) is 0.835. The van der Waals surface area contributed by atoms with Gasteiger partial charge in [0.15, 0.2) is 6.10 Å². The molecule has 0 spiro atoms. The van der Waals surface area contributed by atoms with E-state index in [2.05, 4.69) is 5.16 Å². The first-order valence-corrected chi connectivity index (χ1v) is 7.45. The molecule has 0 saturated heterocycles. The highest BCUT2D eigenvalue weighted by Gasteiger charge is 2.22. The first kappa shape index (κ1) is 17.3. The summed E-state index contributed by atoms with van der Waals surface area (Å²) in [7, 11) is 1.67. The molecule has 1 amide bonds. The molecule has 0 aliphatic rings. The number of rotatable bonds is 5. The van der Waals surface area contributed by atoms with Crippen LogP contribution in [0.5, 0.6) is 5.75 Å². The predicted octanol–water partition coefficient (Wildman–Crippen LogP) is 3.51. The lowest BCUT2D eigenvalue weighted by atomic mass is 10.2. The van der Waals surface area contributed by atoms with Gasteiger partial charge in [-0.1, -0.05) is 16.8 Å². The summed E-state index contributed by atoms with van der Waals surface area (Å²) in [6.45, 7) is 5.60. The normalized spacial score (nSPS) is 12.1. The molecule has 0 N–H and O–H groups in total. The topological polar surface area (TPSA) is 55.6 Å². The van der Waals surface area contributed by atoms with Crippen LogP contribution in [0.2, 0.25) is 5.02 Å². The van der Waals surface area contributed by atoms with Gasteiger partial charge in [-0.05, 0) is 39.0 Å². The van der Waals surface area contributed by atoms with Gasteiger partial charge < -0.3 is 14.2 Å². The fourth-order valence-electron chi connectivity index (χ4n) is 2.16. The largest absolute Gasteiger partial charge is 0.479 e. The van der Waals surface area contributed by atoms with Gasteiger partial charge >= 0.3 is 0 Å². The first-order chi connectivity index (χ1) is 10.8. The lowest BCUT2D eigenvalue weighted by Gasteiger charge is -2.22. The van der Waals surface area contributed by atoms with Crippen molar-refractivity contribution in [1.29, 1.82) is 0 Å². The van der Waals surface area contributed by atoms with Gasteiger partial charge in [-0.25, -0.2) is 4.39 Å². The van der Waals surface area contributed by atoms with Crippen molar-refractivity contribution in [1.82, 2.24) is 10.1 Å². The Labute approximate surface area is 139 Å². The van der Waals surface area contributed by atoms with Crippen molar-refractivity contribution >= 4 is 17.5 Å². The van der Waals surface area contributed by atoms with Crippen LogP contribution in [0.25, 0.3) is 0 Å². The Hall–Kier alpha value is -2.08. The Morgan fingerprint density at radius 1 is 1.48 bits per heavy atom. The Kier molecular flexibility index (Phi) is 5.26. The van der Waals surface area contributed by atoms with Gasteiger partial charge in [0.1, 0.15) is 17.3 Å². The molecule has 2 rings (SSSR count). The van der Waals surface area contributed by atoms with Crippen LogP contribution in [0.15, 0.2) is 22.7 Å². The fraction of sp³-hybridized carbons (Fsp3) is 0.375. The Balaban J connectivity index is 2.04. The minimum absolute atomic E-state index is 0.123. The summed E-state index contributed by atoms with van der Waals surface area (Å²) >= 11 is 5.90. The highest BCUT2D eigenvalue weighted by atomic mass is 35.5. The van der Waals surface area contributed by atoms with Crippen LogP contribution in [-0.2, 0) is 11.3 Å². The number of ether oxygens (including phenoxy) is 1. The number of aryl methyl sites for hydroxylation is 2. The standard InChI is InChI=1S/C16H18ClFN2O3/c1-9-13(10(2)23-19-9)8-20(4)16(21)11(3)22-15-6-5-12(18)7-14(15)17/h5-7,11H,8H2,1-4H3. The molecule has 0 aliphatic heterocycles. The van der Waals surface area contributed by atoms with E-state index in [-0.39, 0.29) is 16.7 Å². The van der Waals surface area contributed by atoms with E-state index in [1.165, 1.54) is 17.0 Å². The van der Waals surface area contributed by atoms with Crippen LogP contribution in [0.3, 0.4) is 0 Å². The zero-order valence-corrected chi connectivity index (χ0v) is 14.1. The maximum Gasteiger partial charge on any atom is 0.263 e. The van der Waals surface area contributed by atoms with E-state index < -0.39 is 11.9 Å². The highest BCUT2D eigenvalue weighted by Crippen LogP contribution is 2.26. The lowest BCUT2D eigenvalue weighted by Crippen LogP contribution is -2.37. The zero-order valence-electron chi connectivity index (χ0n) is 13.4. The molecule has 0 fully saturated rings. The number of amides is 1. The molecular formula is C16H18ClFN2O3. The molecule has 0 radical (unpaired) electrons. The second-order valence-corrected chi connectivity index (χ2v) is 5.74. The van der Waals surface area contributed by atoms with Gasteiger partial charge in [-0.15, -0.1) is 0 Å². The summed E-state index contributed by atoms with van der Waals surface area (Å²) in [5.74, 6) is 0.249. The molecule has 1 unspecified atom stereocenters. The molecule has 5 nitrogen and oxygen atoms in total. The van der Waals surface area contributed by atoms with E-state index in [0.29, 0.717) is 12.3 Å². The molecule has 1 atom stereocenters. The summed E-state index contributed by atoms with van der Waals surface area (Å²) < 4.78 is 23.6. The van der Waals surface area contributed by atoms with Crippen molar-refractivity contribution in [2.45, 2.75) is 33.4 Å². The van der Waals surface area contributed by atoms with Crippen molar-refractivity contribution < 1.29 is 18.4 Å². The molecule has 0 bridgehead atoms. The molecule has 1 aromatic heterocycles. The van der Waals surface area contributed by atoms with Gasteiger partial charge in [0.25, 0.3) is 5.91 Å². The smallest absolute Gasteiger partial charge is 0.263 e. The average molecular weight is 341 g/mol. The van der Waals surface area contributed by atoms with Gasteiger partial charge in [0.05, 0.1) is 17.3 Å². The summed E-state index contributed by atoms with van der Waals surface area (Å²) in [6, 6.07) is 3.77. The van der Waals surface area contributed by atoms with Crippen LogP contribution < -0.4 is 4.74 Å². The van der Waals surface area contributed by atoms with Gasteiger partial charge in [0.2, 0.25) is 0 Å². The molecule has 2 aromatic rings. The number of benzene rings is 1. The predicted molar refractivity (Wildman–Crippen MR) is 84.0 cm³/mol. The zero-order chi connectivity index (χ0) is 17.1. The maximum atomic E-state index is 13.0. The summed E-state index contributed by atoms with van der Waals surface area (Å²) in [5, 5.41) is 3.99. The highest BCUT2D eigenvalue weighted by molar-refractivity contribution is 6.32. The number of likely N-dealkylation sites (N-methyl/N-ethyl adjacent to an activating group) is 1. The van der Waals surface area contributed by atoms with E-state index in [9.17, 15) is 9.18 Å². The Bertz CT molecular complexity index is 698. The molecule has 1 aromatic carbocycles. The van der Waals surface area contributed by atoms with Crippen LogP contribution in [-0.4, -0.2) is 29.1 Å². The van der Waals surface area contributed by atoms with Crippen molar-refractivity contribution in [3.8, 4) is 5.75 Å². The first-order valence-electron chi connectivity index (χ1n) is 7.08. The number of hydrogen-bond donors (Lipinski definition) is 0. The number of halogens is 2. The van der Waals surface area contributed by atoms with Crippen LogP contribution in [0.1, 0.15) is 23.9 Å². The second-order valence-electron chi connectivity index (χ2n) is 5.33. The Morgan fingerprint density at radius 2 is 2.17 bits per heavy atom. The summed E-state index contributed by atoms with van der Waals surface area (Å²) in [5.41, 5.74) is 1.62. The third-order valence-electron chi connectivity index (χ3n) is 3.50. The number of carbonyl (C=O) groups excluding carboxylic acids is 1. The molecule has 1 heterocycles. The van der Waals surface area contributed by atoms with E-state index in [0.717, 1.165) is 17.3 Å². The SMILES string of the molecule is Cc1noc(C)c1CN(C)C(=O)C(C)Oc1ccc(F)cc1Cl. The molecule has 124 valence electrons. The Morgan fingerprint density at radius 3 is 2.74 bits per heavy atom. The third kappa shape index (κ3) is 4.01. The number of aromatic nitrogens is 1. The molecular weight excluding hydrogens is 323 g/mol. The summed E-state index contributed by atoms with van der Waals surface area (Å²) in [4.78, 5) is 13.9. The maximum absolute atomic E-state index is 13.0. The van der Waals surface area contributed by atoms with E-state index in [4.69, 9.17) is 20.9 Å². The van der Waals surface area contributed by atoms with Gasteiger partial charge in [-0.2, -0.15) is 0 Å². The fourth-order valence-corrected chi connectivity index (χ4v) is 2.38. The monoisotopic (exact) mass is 340 g/mol. The summed E-state index contributed by atoms with van der Waals surface area (Å²) in [6.07, 6.45) is -0.761. The average Bonchev–Trinajstić information content (AvgIpc) is 2.81. The third-order valence-corrected chi connectivity index (χ3v) is 3.79. The van der Waals surface area contributed by atoms with Crippen LogP contribution >= 0.6 is 11.6 Å². The molecule has 23 heavy (non-hydrogen) atoms. The molecule has 7 heteroatoms. The van der Waals surface area contributed by atoms with Gasteiger partial charge in [0, 0.05) is 12.6 Å². The van der Waals surface area contributed by atoms with E-state index in [1.54, 1.807) is 20.9 Å². The van der Waals surface area contributed by atoms with Crippen LogP contribution in [0.4, 0.5) is 4.39 Å². The second kappa shape index (κ2) is 7.00. The van der Waals surface area contributed by atoms with Crippen molar-refractivity contribution in [2.24, 2.45) is 0 Å². The number of nitrogens with zero attached hydrogens (tertiary/aromatic N) is 2. The number of carbonyl (C=O) groups is 1. The van der Waals surface area contributed by atoms with Gasteiger partial charge in [-0.3, -0.25) is 4.79 Å². The lowest BCUT2D eigenvalue weighted by molar-refractivity contribution is -0.137. The van der Waals surface area contributed by atoms with Crippen molar-refractivity contribution in [3.63, 3.8) is 0 Å². The minimum Gasteiger partial charge on any atom is -0.479 e. The van der Waals surface area contributed by atoms with E-state index in [1.807, 2.05) is 6.92 Å². The number of hydrogen-bond acceptors (Lipinski definition) is 4. The van der Waals surface area contributed by atoms with Crippen molar-refractivity contribution in [2.75, 3.05) is 7.05 Å². The molecule has 0 aliphatic carbocycles. The molecule has 0 saturated carbocycles. The minimum atomic E-state index is -0.761. The van der Waals surface area contributed by atoms with E-state index >= 15 is 0 Å².